The van der Waals surface area contributed by atoms with Gasteiger partial charge in [-0.15, -0.1) is 0 Å². The molecule has 0 spiro atoms. The van der Waals surface area contributed by atoms with Gasteiger partial charge in [-0.1, -0.05) is 15.9 Å². The molecule has 0 aliphatic rings. The molecule has 2 heterocycles. The van der Waals surface area contributed by atoms with Gasteiger partial charge in [0, 0.05) is 10.7 Å². The fraction of sp³-hybridized carbons (Fsp3) is 0.125. The van der Waals surface area contributed by atoms with Crippen molar-refractivity contribution in [1.82, 2.24) is 14.6 Å². The molecule has 1 atom stereocenters. The summed E-state index contributed by atoms with van der Waals surface area (Å²) >= 11 is 8.45. The molecule has 1 amide bonds. The standard InChI is InChI=1S/C16H13BrN4O3S/c1-9(24-11-6-4-10(17)5-7-11)14(22)20-21-15(23)12-3-2-8-18-13(12)19-16(21)25/h2-9H,1H3,(H,20,22)(H,18,19,25)/t9-/m0/s1. The van der Waals surface area contributed by atoms with Gasteiger partial charge >= 0.3 is 0 Å². The number of aromatic amines is 1. The van der Waals surface area contributed by atoms with Crippen LogP contribution in [0.2, 0.25) is 0 Å². The topological polar surface area (TPSA) is 89.0 Å². The monoisotopic (exact) mass is 420 g/mol. The molecule has 0 fully saturated rings. The molecule has 0 saturated carbocycles. The lowest BCUT2D eigenvalue weighted by Gasteiger charge is -2.16. The molecule has 2 aromatic heterocycles. The Morgan fingerprint density at radius 2 is 2.08 bits per heavy atom. The van der Waals surface area contributed by atoms with E-state index in [9.17, 15) is 9.59 Å². The van der Waals surface area contributed by atoms with Gasteiger partial charge in [-0.25, -0.2) is 4.98 Å². The first-order valence-corrected chi connectivity index (χ1v) is 8.49. The van der Waals surface area contributed by atoms with E-state index >= 15 is 0 Å². The molecule has 0 radical (unpaired) electrons. The molecule has 0 saturated heterocycles. The van der Waals surface area contributed by atoms with Gasteiger partial charge in [0.15, 0.2) is 6.10 Å². The molecule has 3 aromatic rings. The lowest BCUT2D eigenvalue weighted by Crippen LogP contribution is -2.40. The minimum Gasteiger partial charge on any atom is -0.481 e. The van der Waals surface area contributed by atoms with Crippen LogP contribution in [-0.2, 0) is 4.79 Å². The van der Waals surface area contributed by atoms with Gasteiger partial charge < -0.3 is 9.72 Å². The predicted octanol–water partition coefficient (Wildman–Crippen LogP) is 2.75. The van der Waals surface area contributed by atoms with E-state index in [1.807, 2.05) is 0 Å². The van der Waals surface area contributed by atoms with Gasteiger partial charge in [-0.2, -0.15) is 4.68 Å². The van der Waals surface area contributed by atoms with E-state index in [0.717, 1.165) is 9.15 Å². The van der Waals surface area contributed by atoms with Crippen LogP contribution in [-0.4, -0.2) is 26.7 Å². The molecule has 0 unspecified atom stereocenters. The maximum Gasteiger partial charge on any atom is 0.282 e. The summed E-state index contributed by atoms with van der Waals surface area (Å²) in [4.78, 5) is 31.7. The highest BCUT2D eigenvalue weighted by molar-refractivity contribution is 9.10. The number of carbonyl (C=O) groups is 1. The number of nitrogens with one attached hydrogen (secondary N) is 2. The Kier molecular flexibility index (Phi) is 4.95. The van der Waals surface area contributed by atoms with E-state index < -0.39 is 17.6 Å². The van der Waals surface area contributed by atoms with Gasteiger partial charge in [0.05, 0.1) is 5.39 Å². The van der Waals surface area contributed by atoms with Gasteiger partial charge in [0.1, 0.15) is 11.4 Å². The largest absolute Gasteiger partial charge is 0.481 e. The Labute approximate surface area is 155 Å². The number of hydrogen-bond acceptors (Lipinski definition) is 5. The van der Waals surface area contributed by atoms with Crippen molar-refractivity contribution >= 4 is 45.1 Å². The zero-order valence-electron chi connectivity index (χ0n) is 13.0. The Morgan fingerprint density at radius 3 is 2.80 bits per heavy atom. The number of nitrogens with zero attached hydrogens (tertiary/aromatic N) is 2. The van der Waals surface area contributed by atoms with Crippen molar-refractivity contribution in [3.63, 3.8) is 0 Å². The minimum absolute atomic E-state index is 0.0420. The number of ether oxygens (including phenoxy) is 1. The van der Waals surface area contributed by atoms with Crippen LogP contribution >= 0.6 is 28.1 Å². The molecular weight excluding hydrogens is 408 g/mol. The Morgan fingerprint density at radius 1 is 1.36 bits per heavy atom. The molecule has 9 heteroatoms. The minimum atomic E-state index is -0.827. The number of fused-ring (bicyclic) bond motifs is 1. The van der Waals surface area contributed by atoms with Gasteiger partial charge in [-0.3, -0.25) is 15.0 Å². The van der Waals surface area contributed by atoms with Crippen LogP contribution in [0, 0.1) is 4.77 Å². The van der Waals surface area contributed by atoms with Crippen molar-refractivity contribution in [1.29, 1.82) is 0 Å². The maximum atomic E-state index is 12.5. The molecule has 7 nitrogen and oxygen atoms in total. The van der Waals surface area contributed by atoms with Crippen molar-refractivity contribution < 1.29 is 9.53 Å². The summed E-state index contributed by atoms with van der Waals surface area (Å²) in [7, 11) is 0. The summed E-state index contributed by atoms with van der Waals surface area (Å²) in [5.74, 6) is 0.0267. The van der Waals surface area contributed by atoms with E-state index in [1.54, 1.807) is 49.5 Å². The van der Waals surface area contributed by atoms with Crippen LogP contribution in [0.4, 0.5) is 0 Å². The summed E-state index contributed by atoms with van der Waals surface area (Å²) in [5.41, 5.74) is 2.37. The van der Waals surface area contributed by atoms with Gasteiger partial charge in [0.25, 0.3) is 11.5 Å². The average molecular weight is 421 g/mol. The first kappa shape index (κ1) is 17.3. The zero-order valence-corrected chi connectivity index (χ0v) is 15.4. The number of pyridine rings is 1. The summed E-state index contributed by atoms with van der Waals surface area (Å²) in [6, 6.07) is 10.3. The fourth-order valence-electron chi connectivity index (χ4n) is 2.12. The smallest absolute Gasteiger partial charge is 0.282 e. The van der Waals surface area contributed by atoms with E-state index in [-0.39, 0.29) is 4.77 Å². The molecule has 0 bridgehead atoms. The van der Waals surface area contributed by atoms with Crippen molar-refractivity contribution in [3.8, 4) is 5.75 Å². The Balaban J connectivity index is 1.83. The number of halogens is 1. The number of aromatic nitrogens is 3. The average Bonchev–Trinajstić information content (AvgIpc) is 2.60. The SMILES string of the molecule is C[C@H](Oc1ccc(Br)cc1)C(=O)Nn1c(=S)[nH]c2ncccc2c1=O. The normalized spacial score (nSPS) is 11.9. The lowest BCUT2D eigenvalue weighted by molar-refractivity contribution is -0.123. The quantitative estimate of drug-likeness (QED) is 0.633. The molecule has 25 heavy (non-hydrogen) atoms. The second-order valence-electron chi connectivity index (χ2n) is 5.16. The molecule has 0 aliphatic heterocycles. The second-order valence-corrected chi connectivity index (χ2v) is 6.46. The van der Waals surface area contributed by atoms with Gasteiger partial charge in [-0.05, 0) is 55.5 Å². The Hall–Kier alpha value is -2.52. The number of hydrogen-bond donors (Lipinski definition) is 2. The first-order valence-electron chi connectivity index (χ1n) is 7.29. The first-order chi connectivity index (χ1) is 12.0. The van der Waals surface area contributed by atoms with Crippen LogP contribution in [0.15, 0.2) is 51.9 Å². The third-order valence-electron chi connectivity index (χ3n) is 3.39. The molecular formula is C16H13BrN4O3S. The molecule has 2 N–H and O–H groups in total. The second kappa shape index (κ2) is 7.16. The fourth-order valence-corrected chi connectivity index (χ4v) is 2.61. The van der Waals surface area contributed by atoms with Crippen molar-refractivity contribution in [2.75, 3.05) is 5.43 Å². The van der Waals surface area contributed by atoms with Crippen molar-refractivity contribution in [2.24, 2.45) is 0 Å². The van der Waals surface area contributed by atoms with Crippen LogP contribution in [0.25, 0.3) is 11.0 Å². The van der Waals surface area contributed by atoms with Crippen LogP contribution < -0.4 is 15.7 Å². The third kappa shape index (κ3) is 3.77. The highest BCUT2D eigenvalue weighted by Gasteiger charge is 2.17. The number of benzene rings is 1. The third-order valence-corrected chi connectivity index (χ3v) is 4.20. The highest BCUT2D eigenvalue weighted by atomic mass is 79.9. The molecule has 0 aliphatic carbocycles. The van der Waals surface area contributed by atoms with Gasteiger partial charge in [0.2, 0.25) is 4.77 Å². The number of rotatable bonds is 4. The van der Waals surface area contributed by atoms with E-state index in [2.05, 4.69) is 31.3 Å². The summed E-state index contributed by atoms with van der Waals surface area (Å²) < 4.78 is 7.49. The summed E-state index contributed by atoms with van der Waals surface area (Å²) in [6.07, 6.45) is 0.719. The van der Waals surface area contributed by atoms with Crippen molar-refractivity contribution in [2.45, 2.75) is 13.0 Å². The van der Waals surface area contributed by atoms with E-state index in [1.165, 1.54) is 0 Å². The molecule has 128 valence electrons. The maximum absolute atomic E-state index is 12.5. The predicted molar refractivity (Wildman–Crippen MR) is 99.8 cm³/mol. The zero-order chi connectivity index (χ0) is 18.0. The lowest BCUT2D eigenvalue weighted by atomic mass is 10.3. The summed E-state index contributed by atoms with van der Waals surface area (Å²) in [5, 5.41) is 0.317. The number of carbonyl (C=O) groups excluding carboxylic acids is 1. The van der Waals surface area contributed by atoms with E-state index in [4.69, 9.17) is 17.0 Å². The summed E-state index contributed by atoms with van der Waals surface area (Å²) in [6.45, 7) is 1.58. The Bertz CT molecular complexity index is 1050. The van der Waals surface area contributed by atoms with Crippen LogP contribution in [0.3, 0.4) is 0 Å². The number of H-pyrrole nitrogens is 1. The number of amides is 1. The molecule has 3 rings (SSSR count). The van der Waals surface area contributed by atoms with Crippen LogP contribution in [0.1, 0.15) is 6.92 Å². The molecule has 1 aromatic carbocycles. The highest BCUT2D eigenvalue weighted by Crippen LogP contribution is 2.17. The van der Waals surface area contributed by atoms with Crippen molar-refractivity contribution in [3.05, 3.63) is 62.2 Å². The van der Waals surface area contributed by atoms with Crippen LogP contribution in [0.5, 0.6) is 5.75 Å². The van der Waals surface area contributed by atoms with E-state index in [0.29, 0.717) is 16.8 Å².